The summed E-state index contributed by atoms with van der Waals surface area (Å²) < 4.78 is 0. The molecular formula is C20H29N3O3. The van der Waals surface area contributed by atoms with Gasteiger partial charge in [0.15, 0.2) is 0 Å². The van der Waals surface area contributed by atoms with Crippen LogP contribution in [0.15, 0.2) is 24.3 Å². The highest BCUT2D eigenvalue weighted by Gasteiger charge is 2.37. The summed E-state index contributed by atoms with van der Waals surface area (Å²) in [5.41, 5.74) is 0.816. The van der Waals surface area contributed by atoms with Gasteiger partial charge in [0.2, 0.25) is 5.91 Å². The number of hydrogen-bond acceptors (Lipinski definition) is 4. The highest BCUT2D eigenvalue weighted by Crippen LogP contribution is 2.34. The van der Waals surface area contributed by atoms with Crippen molar-refractivity contribution in [3.8, 4) is 0 Å². The molecule has 0 unspecified atom stereocenters. The molecule has 26 heavy (non-hydrogen) atoms. The monoisotopic (exact) mass is 359 g/mol. The minimum absolute atomic E-state index is 0.0572. The molecule has 1 aliphatic carbocycles. The van der Waals surface area contributed by atoms with Crippen LogP contribution in [0.4, 0.5) is 11.4 Å². The molecule has 1 heterocycles. The molecule has 0 spiro atoms. The Morgan fingerprint density at radius 2 is 1.88 bits per heavy atom. The Bertz CT molecular complexity index is 649. The van der Waals surface area contributed by atoms with Crippen molar-refractivity contribution in [2.75, 3.05) is 24.5 Å². The first-order chi connectivity index (χ1) is 12.5. The van der Waals surface area contributed by atoms with Crippen LogP contribution in [0, 0.1) is 22.0 Å². The van der Waals surface area contributed by atoms with Crippen LogP contribution in [0.25, 0.3) is 0 Å². The maximum absolute atomic E-state index is 13.0. The van der Waals surface area contributed by atoms with E-state index in [9.17, 15) is 14.9 Å². The second kappa shape index (κ2) is 8.06. The van der Waals surface area contributed by atoms with Crippen LogP contribution in [0.1, 0.15) is 46.0 Å². The first-order valence-electron chi connectivity index (χ1n) is 9.76. The van der Waals surface area contributed by atoms with Gasteiger partial charge in [0.25, 0.3) is 5.69 Å². The van der Waals surface area contributed by atoms with Crippen LogP contribution < -0.4 is 4.90 Å². The molecule has 0 N–H and O–H groups in total. The number of nitrogens with zero attached hydrogens (tertiary/aromatic N) is 3. The van der Waals surface area contributed by atoms with Gasteiger partial charge in [0.1, 0.15) is 5.69 Å². The van der Waals surface area contributed by atoms with Crippen molar-refractivity contribution in [2.24, 2.45) is 11.8 Å². The average molecular weight is 359 g/mol. The number of nitro benzene ring substituents is 1. The summed E-state index contributed by atoms with van der Waals surface area (Å²) in [6, 6.07) is 7.34. The van der Waals surface area contributed by atoms with Crippen molar-refractivity contribution in [2.45, 2.75) is 52.0 Å². The number of anilines is 1. The lowest BCUT2D eigenvalue weighted by atomic mass is 9.94. The van der Waals surface area contributed by atoms with Crippen LogP contribution >= 0.6 is 0 Å². The fourth-order valence-electron chi connectivity index (χ4n) is 3.74. The van der Waals surface area contributed by atoms with Gasteiger partial charge in [0.05, 0.1) is 4.92 Å². The Kier molecular flexibility index (Phi) is 5.79. The van der Waals surface area contributed by atoms with Crippen LogP contribution in [0.2, 0.25) is 0 Å². The molecule has 1 saturated carbocycles. The third-order valence-electron chi connectivity index (χ3n) is 5.48. The summed E-state index contributed by atoms with van der Waals surface area (Å²) in [6.45, 7) is 6.65. The Morgan fingerprint density at radius 3 is 2.46 bits per heavy atom. The van der Waals surface area contributed by atoms with E-state index in [2.05, 4.69) is 23.6 Å². The van der Waals surface area contributed by atoms with Crippen LogP contribution in [-0.4, -0.2) is 41.4 Å². The SMILES string of the molecule is CC(C)CCN(C(=O)C1CCN(c2ccccc2[N+](=O)[O-])CC1)C1CC1. The first kappa shape index (κ1) is 18.7. The predicted octanol–water partition coefficient (Wildman–Crippen LogP) is 3.85. The number of rotatable bonds is 7. The van der Waals surface area contributed by atoms with Gasteiger partial charge >= 0.3 is 0 Å². The van der Waals surface area contributed by atoms with E-state index < -0.39 is 0 Å². The predicted molar refractivity (Wildman–Crippen MR) is 102 cm³/mol. The van der Waals surface area contributed by atoms with Gasteiger partial charge in [0, 0.05) is 37.7 Å². The van der Waals surface area contributed by atoms with E-state index >= 15 is 0 Å². The average Bonchev–Trinajstić information content (AvgIpc) is 3.46. The third kappa shape index (κ3) is 4.34. The standard InChI is InChI=1S/C20H29N3O3/c1-15(2)9-14-22(17-7-8-17)20(24)16-10-12-21(13-11-16)18-5-3-4-6-19(18)23(25)26/h3-6,15-17H,7-14H2,1-2H3. The lowest BCUT2D eigenvalue weighted by Gasteiger charge is -2.35. The Labute approximate surface area is 155 Å². The molecule has 0 atom stereocenters. The van der Waals surface area contributed by atoms with E-state index in [-0.39, 0.29) is 16.5 Å². The van der Waals surface area contributed by atoms with E-state index in [1.165, 1.54) is 0 Å². The summed E-state index contributed by atoms with van der Waals surface area (Å²) in [7, 11) is 0. The lowest BCUT2D eigenvalue weighted by molar-refractivity contribution is -0.384. The van der Waals surface area contributed by atoms with Crippen LogP contribution in [0.5, 0.6) is 0 Å². The third-order valence-corrected chi connectivity index (χ3v) is 5.48. The van der Waals surface area contributed by atoms with Crippen LogP contribution in [0.3, 0.4) is 0 Å². The quantitative estimate of drug-likeness (QED) is 0.548. The van der Waals surface area contributed by atoms with E-state index in [0.29, 0.717) is 36.6 Å². The summed E-state index contributed by atoms with van der Waals surface area (Å²) in [5.74, 6) is 0.960. The number of hydrogen-bond donors (Lipinski definition) is 0. The van der Waals surface area contributed by atoms with Crippen molar-refractivity contribution >= 4 is 17.3 Å². The number of amides is 1. The molecule has 0 bridgehead atoms. The summed E-state index contributed by atoms with van der Waals surface area (Å²) in [6.07, 6.45) is 4.88. The van der Waals surface area contributed by atoms with E-state index in [1.54, 1.807) is 18.2 Å². The molecule has 1 aromatic carbocycles. The van der Waals surface area contributed by atoms with E-state index in [4.69, 9.17) is 0 Å². The largest absolute Gasteiger partial charge is 0.366 e. The molecule has 0 aromatic heterocycles. The van der Waals surface area contributed by atoms with Gasteiger partial charge in [-0.2, -0.15) is 0 Å². The Hall–Kier alpha value is -2.11. The molecule has 6 nitrogen and oxygen atoms in total. The normalized spacial score (nSPS) is 18.2. The summed E-state index contributed by atoms with van der Waals surface area (Å²) in [5, 5.41) is 11.3. The van der Waals surface area contributed by atoms with Gasteiger partial charge < -0.3 is 9.80 Å². The second-order valence-electron chi connectivity index (χ2n) is 7.95. The number of carbonyl (C=O) groups excluding carboxylic acids is 1. The van der Waals surface area contributed by atoms with Crippen molar-refractivity contribution in [3.63, 3.8) is 0 Å². The molecule has 142 valence electrons. The molecule has 0 radical (unpaired) electrons. The van der Waals surface area contributed by atoms with E-state index in [0.717, 1.165) is 38.6 Å². The van der Waals surface area contributed by atoms with Crippen molar-refractivity contribution in [1.29, 1.82) is 0 Å². The summed E-state index contributed by atoms with van der Waals surface area (Å²) in [4.78, 5) is 28.1. The number of carbonyl (C=O) groups is 1. The maximum atomic E-state index is 13.0. The van der Waals surface area contributed by atoms with Gasteiger partial charge in [-0.3, -0.25) is 14.9 Å². The molecular weight excluding hydrogens is 330 g/mol. The van der Waals surface area contributed by atoms with Crippen molar-refractivity contribution < 1.29 is 9.72 Å². The molecule has 1 aromatic rings. The van der Waals surface area contributed by atoms with Gasteiger partial charge in [-0.1, -0.05) is 26.0 Å². The molecule has 1 saturated heterocycles. The number of nitro groups is 1. The van der Waals surface area contributed by atoms with Gasteiger partial charge in [-0.05, 0) is 44.1 Å². The number of piperidine rings is 1. The fraction of sp³-hybridized carbons (Fsp3) is 0.650. The molecule has 1 amide bonds. The topological polar surface area (TPSA) is 66.7 Å². The van der Waals surface area contributed by atoms with Crippen molar-refractivity contribution in [3.05, 3.63) is 34.4 Å². The van der Waals surface area contributed by atoms with Crippen LogP contribution in [-0.2, 0) is 4.79 Å². The smallest absolute Gasteiger partial charge is 0.292 e. The molecule has 6 heteroatoms. The Balaban J connectivity index is 1.61. The van der Waals surface area contributed by atoms with Gasteiger partial charge in [-0.15, -0.1) is 0 Å². The molecule has 1 aliphatic heterocycles. The number of para-hydroxylation sites is 2. The Morgan fingerprint density at radius 1 is 1.23 bits per heavy atom. The lowest BCUT2D eigenvalue weighted by Crippen LogP contribution is -2.44. The zero-order valence-electron chi connectivity index (χ0n) is 15.8. The zero-order chi connectivity index (χ0) is 18.7. The number of benzene rings is 1. The highest BCUT2D eigenvalue weighted by molar-refractivity contribution is 5.80. The van der Waals surface area contributed by atoms with Crippen molar-refractivity contribution in [1.82, 2.24) is 4.90 Å². The van der Waals surface area contributed by atoms with E-state index in [1.807, 2.05) is 6.07 Å². The maximum Gasteiger partial charge on any atom is 0.292 e. The fourth-order valence-corrected chi connectivity index (χ4v) is 3.74. The highest BCUT2D eigenvalue weighted by atomic mass is 16.6. The van der Waals surface area contributed by atoms with Gasteiger partial charge in [-0.25, -0.2) is 0 Å². The minimum atomic E-state index is -0.326. The summed E-state index contributed by atoms with van der Waals surface area (Å²) >= 11 is 0. The molecule has 2 fully saturated rings. The second-order valence-corrected chi connectivity index (χ2v) is 7.95. The molecule has 3 rings (SSSR count). The molecule has 2 aliphatic rings. The zero-order valence-corrected chi connectivity index (χ0v) is 15.8. The first-order valence-corrected chi connectivity index (χ1v) is 9.76. The minimum Gasteiger partial charge on any atom is -0.366 e.